The van der Waals surface area contributed by atoms with Gasteiger partial charge < -0.3 is 9.84 Å². The fourth-order valence-electron chi connectivity index (χ4n) is 0.768. The number of rotatable bonds is 2. The Labute approximate surface area is 83.6 Å². The number of hydrogen-bond donors (Lipinski definition) is 1. The van der Waals surface area contributed by atoms with Crippen LogP contribution in [0.4, 0.5) is 0 Å². The summed E-state index contributed by atoms with van der Waals surface area (Å²) in [7, 11) is 1.43. The van der Waals surface area contributed by atoms with Gasteiger partial charge in [-0.1, -0.05) is 6.08 Å². The van der Waals surface area contributed by atoms with Crippen LogP contribution in [0.1, 0.15) is 17.3 Å². The summed E-state index contributed by atoms with van der Waals surface area (Å²) in [6.07, 6.45) is 2.45. The molecule has 3 nitrogen and oxygen atoms in total. The van der Waals surface area contributed by atoms with E-state index in [0.717, 1.165) is 0 Å². The minimum Gasteiger partial charge on any atom is -0.504 e. The second-order valence-electron chi connectivity index (χ2n) is 2.46. The van der Waals surface area contributed by atoms with E-state index in [-0.39, 0.29) is 5.75 Å². The molecule has 0 fully saturated rings. The lowest BCUT2D eigenvalue weighted by Gasteiger charge is -2.01. The van der Waals surface area contributed by atoms with Crippen molar-refractivity contribution in [3.63, 3.8) is 0 Å². The second-order valence-corrected chi connectivity index (χ2v) is 2.46. The Hall–Kier alpha value is -1.77. The van der Waals surface area contributed by atoms with Crippen molar-refractivity contribution in [2.75, 3.05) is 7.11 Å². The lowest BCUT2D eigenvalue weighted by Crippen LogP contribution is -1.85. The second kappa shape index (κ2) is 6.71. The molecule has 1 rings (SSSR count). The zero-order valence-electron chi connectivity index (χ0n) is 8.36. The van der Waals surface area contributed by atoms with Crippen molar-refractivity contribution in [1.29, 1.82) is 0 Å². The fraction of sp³-hybridized carbons (Fsp3) is 0.182. The van der Waals surface area contributed by atoms with E-state index >= 15 is 0 Å². The van der Waals surface area contributed by atoms with E-state index in [4.69, 9.17) is 9.84 Å². The highest BCUT2D eigenvalue weighted by atomic mass is 16.5. The first-order chi connectivity index (χ1) is 6.69. The number of hydrogen-bond acceptors (Lipinski definition) is 3. The van der Waals surface area contributed by atoms with Gasteiger partial charge in [-0.15, -0.1) is 6.58 Å². The van der Waals surface area contributed by atoms with Gasteiger partial charge in [-0.3, -0.25) is 4.79 Å². The van der Waals surface area contributed by atoms with E-state index in [9.17, 15) is 4.79 Å². The first kappa shape index (κ1) is 12.2. The zero-order valence-corrected chi connectivity index (χ0v) is 8.36. The summed E-state index contributed by atoms with van der Waals surface area (Å²) in [5, 5.41) is 9.09. The van der Waals surface area contributed by atoms with Crippen molar-refractivity contribution in [2.45, 2.75) is 6.92 Å². The van der Waals surface area contributed by atoms with Gasteiger partial charge in [-0.05, 0) is 25.1 Å². The van der Waals surface area contributed by atoms with Crippen LogP contribution in [0.15, 0.2) is 30.9 Å². The molecule has 0 aliphatic heterocycles. The van der Waals surface area contributed by atoms with Gasteiger partial charge in [-0.2, -0.15) is 0 Å². The van der Waals surface area contributed by atoms with Crippen molar-refractivity contribution in [2.24, 2.45) is 0 Å². The number of allylic oxidation sites excluding steroid dienone is 1. The minimum absolute atomic E-state index is 0.0399. The first-order valence-electron chi connectivity index (χ1n) is 4.08. The molecule has 0 amide bonds. The number of phenolic OH excluding ortho intramolecular Hbond substituents is 1. The van der Waals surface area contributed by atoms with Crippen LogP contribution in [0.3, 0.4) is 0 Å². The molecule has 1 aromatic carbocycles. The molecule has 76 valence electrons. The average Bonchev–Trinajstić information content (AvgIpc) is 2.20. The third-order valence-corrected chi connectivity index (χ3v) is 1.34. The third-order valence-electron chi connectivity index (χ3n) is 1.34. The summed E-state index contributed by atoms with van der Waals surface area (Å²) >= 11 is 0. The molecule has 0 spiro atoms. The van der Waals surface area contributed by atoms with Gasteiger partial charge in [0.05, 0.1) is 7.11 Å². The van der Waals surface area contributed by atoms with Crippen LogP contribution in [-0.4, -0.2) is 18.5 Å². The van der Waals surface area contributed by atoms with Crippen molar-refractivity contribution >= 4 is 6.29 Å². The van der Waals surface area contributed by atoms with E-state index < -0.39 is 0 Å². The van der Waals surface area contributed by atoms with E-state index in [0.29, 0.717) is 17.6 Å². The first-order valence-corrected chi connectivity index (χ1v) is 4.08. The highest BCUT2D eigenvalue weighted by molar-refractivity contribution is 5.76. The molecule has 3 heteroatoms. The molecular formula is C11H14O3. The number of carbonyl (C=O) groups excluding carboxylic acids is 1. The maximum Gasteiger partial charge on any atom is 0.161 e. The Kier molecular flexibility index (Phi) is 5.87. The Morgan fingerprint density at radius 2 is 2.07 bits per heavy atom. The monoisotopic (exact) mass is 194 g/mol. The number of phenols is 1. The highest BCUT2D eigenvalue weighted by Crippen LogP contribution is 2.25. The van der Waals surface area contributed by atoms with E-state index in [1.165, 1.54) is 25.3 Å². The smallest absolute Gasteiger partial charge is 0.161 e. The molecule has 1 aromatic rings. The van der Waals surface area contributed by atoms with Crippen LogP contribution in [0.5, 0.6) is 11.5 Å². The standard InChI is InChI=1S/C8H8O3.C3H6/c1-11-8-4-6(5-9)2-3-7(8)10;1-3-2/h2-5,10H,1H3;3H,1H2,2H3. The van der Waals surface area contributed by atoms with E-state index in [1.807, 2.05) is 6.92 Å². The summed E-state index contributed by atoms with van der Waals surface area (Å²) in [4.78, 5) is 10.2. The Morgan fingerprint density at radius 1 is 1.50 bits per heavy atom. The Bertz CT molecular complexity index is 305. The van der Waals surface area contributed by atoms with Crippen LogP contribution in [0, 0.1) is 0 Å². The molecule has 0 unspecified atom stereocenters. The number of methoxy groups -OCH3 is 1. The minimum atomic E-state index is 0.0399. The maximum absolute atomic E-state index is 10.2. The predicted octanol–water partition coefficient (Wildman–Crippen LogP) is 2.41. The van der Waals surface area contributed by atoms with Gasteiger partial charge in [-0.25, -0.2) is 0 Å². The topological polar surface area (TPSA) is 46.5 Å². The molecule has 0 aromatic heterocycles. The summed E-state index contributed by atoms with van der Waals surface area (Å²) in [5.74, 6) is 0.354. The van der Waals surface area contributed by atoms with Crippen LogP contribution < -0.4 is 4.74 Å². The van der Waals surface area contributed by atoms with Crippen LogP contribution >= 0.6 is 0 Å². The molecule has 0 heterocycles. The zero-order chi connectivity index (χ0) is 11.0. The summed E-state index contributed by atoms with van der Waals surface area (Å²) in [5.41, 5.74) is 0.486. The molecule has 0 atom stereocenters. The molecule has 0 saturated carbocycles. The molecular weight excluding hydrogens is 180 g/mol. The number of ether oxygens (including phenoxy) is 1. The third kappa shape index (κ3) is 3.76. The largest absolute Gasteiger partial charge is 0.504 e. The van der Waals surface area contributed by atoms with Gasteiger partial charge in [0, 0.05) is 5.56 Å². The predicted molar refractivity (Wildman–Crippen MR) is 55.9 cm³/mol. The maximum atomic E-state index is 10.2. The van der Waals surface area contributed by atoms with Gasteiger partial charge >= 0.3 is 0 Å². The normalized spacial score (nSPS) is 8.14. The van der Waals surface area contributed by atoms with Crippen molar-refractivity contribution in [3.05, 3.63) is 36.4 Å². The summed E-state index contributed by atoms with van der Waals surface area (Å²) in [6.45, 7) is 5.25. The molecule has 0 aliphatic carbocycles. The summed E-state index contributed by atoms with van der Waals surface area (Å²) < 4.78 is 4.78. The lowest BCUT2D eigenvalue weighted by molar-refractivity contribution is 0.112. The lowest BCUT2D eigenvalue weighted by atomic mass is 10.2. The molecule has 0 radical (unpaired) electrons. The van der Waals surface area contributed by atoms with Gasteiger partial charge in [0.15, 0.2) is 11.5 Å². The molecule has 0 saturated heterocycles. The average molecular weight is 194 g/mol. The Morgan fingerprint density at radius 3 is 2.50 bits per heavy atom. The van der Waals surface area contributed by atoms with Crippen molar-refractivity contribution < 1.29 is 14.6 Å². The number of benzene rings is 1. The van der Waals surface area contributed by atoms with Gasteiger partial charge in [0.1, 0.15) is 6.29 Å². The SMILES string of the molecule is C=CC.COc1cc(C=O)ccc1O. The van der Waals surface area contributed by atoms with Gasteiger partial charge in [0.2, 0.25) is 0 Å². The highest BCUT2D eigenvalue weighted by Gasteiger charge is 2.00. The fourth-order valence-corrected chi connectivity index (χ4v) is 0.768. The van der Waals surface area contributed by atoms with E-state index in [2.05, 4.69) is 6.58 Å². The molecule has 14 heavy (non-hydrogen) atoms. The van der Waals surface area contributed by atoms with E-state index in [1.54, 1.807) is 6.08 Å². The number of carbonyl (C=O) groups is 1. The molecule has 1 N–H and O–H groups in total. The quantitative estimate of drug-likeness (QED) is 0.581. The molecule has 0 aliphatic rings. The number of aldehydes is 1. The van der Waals surface area contributed by atoms with Crippen molar-refractivity contribution in [1.82, 2.24) is 0 Å². The molecule has 0 bridgehead atoms. The van der Waals surface area contributed by atoms with Crippen LogP contribution in [-0.2, 0) is 0 Å². The summed E-state index contributed by atoms with van der Waals surface area (Å²) in [6, 6.07) is 4.41. The van der Waals surface area contributed by atoms with Crippen LogP contribution in [0.25, 0.3) is 0 Å². The number of aromatic hydroxyl groups is 1. The van der Waals surface area contributed by atoms with Gasteiger partial charge in [0.25, 0.3) is 0 Å². The Balaban J connectivity index is 0.000000500. The van der Waals surface area contributed by atoms with Crippen molar-refractivity contribution in [3.8, 4) is 11.5 Å². The van der Waals surface area contributed by atoms with Crippen LogP contribution in [0.2, 0.25) is 0 Å².